The lowest BCUT2D eigenvalue weighted by Gasteiger charge is -2.16. The Kier molecular flexibility index (Phi) is 9.41. The summed E-state index contributed by atoms with van der Waals surface area (Å²) in [6.45, 7) is -1.51. The van der Waals surface area contributed by atoms with Crippen molar-refractivity contribution in [3.63, 3.8) is 0 Å². The number of nitrogens with one attached hydrogen (secondary N) is 2. The smallest absolute Gasteiger partial charge is 0.394 e. The summed E-state index contributed by atoms with van der Waals surface area (Å²) in [7, 11) is 0. The summed E-state index contributed by atoms with van der Waals surface area (Å²) in [6.07, 6.45) is -6.50. The number of benzene rings is 1. The number of amides is 2. The Labute approximate surface area is 212 Å². The van der Waals surface area contributed by atoms with Crippen LogP contribution in [0.25, 0.3) is 10.4 Å². The predicted octanol–water partition coefficient (Wildman–Crippen LogP) is 1.46. The van der Waals surface area contributed by atoms with Gasteiger partial charge in [-0.05, 0) is 17.7 Å². The number of carbonyl (C=O) groups excluding carboxylic acids is 2. The van der Waals surface area contributed by atoms with Gasteiger partial charge in [0.25, 0.3) is 5.91 Å². The Morgan fingerprint density at radius 3 is 2.74 bits per heavy atom. The third-order valence-electron chi connectivity index (χ3n) is 5.12. The molecule has 3 N–H and O–H groups in total. The molecule has 1 aromatic heterocycles. The number of alkyl halides is 3. The molecule has 13 nitrogen and oxygen atoms in total. The average molecular weight is 535 g/mol. The van der Waals surface area contributed by atoms with E-state index in [1.807, 2.05) is 0 Å². The third kappa shape index (κ3) is 7.31. The molecule has 3 atom stereocenters. The normalized spacial score (nSPS) is 18.6. The molecule has 0 spiro atoms. The number of carbonyl (C=O) groups is 2. The lowest BCUT2D eigenvalue weighted by Crippen LogP contribution is -2.36. The van der Waals surface area contributed by atoms with Crippen LogP contribution >= 0.6 is 0 Å². The molecule has 0 aliphatic carbocycles. The van der Waals surface area contributed by atoms with Crippen LogP contribution in [-0.4, -0.2) is 64.7 Å². The summed E-state index contributed by atoms with van der Waals surface area (Å²) in [5, 5.41) is 16.9. The molecule has 0 saturated carbocycles. The lowest BCUT2D eigenvalue weighted by molar-refractivity contribution is -0.173. The molecule has 1 saturated heterocycles. The Bertz CT molecular complexity index is 1330. The van der Waals surface area contributed by atoms with E-state index in [0.29, 0.717) is 0 Å². The van der Waals surface area contributed by atoms with Crippen LogP contribution in [0.5, 0.6) is 0 Å². The van der Waals surface area contributed by atoms with Crippen LogP contribution in [0.1, 0.15) is 28.6 Å². The zero-order valence-electron chi connectivity index (χ0n) is 19.4. The number of azide groups is 1. The Hall–Kier alpha value is -4.42. The Morgan fingerprint density at radius 2 is 2.08 bits per heavy atom. The minimum absolute atomic E-state index is 0.0397. The number of nitrogens with zero attached hydrogens (tertiary/aromatic N) is 5. The van der Waals surface area contributed by atoms with Crippen LogP contribution in [0.3, 0.4) is 0 Å². The van der Waals surface area contributed by atoms with Crippen molar-refractivity contribution in [1.29, 1.82) is 0 Å². The largest absolute Gasteiger partial charge is 0.471 e. The first-order valence-corrected chi connectivity index (χ1v) is 10.9. The van der Waals surface area contributed by atoms with Crippen LogP contribution in [0.2, 0.25) is 0 Å². The first-order valence-electron chi connectivity index (χ1n) is 10.9. The van der Waals surface area contributed by atoms with E-state index < -0.39 is 55.3 Å². The van der Waals surface area contributed by atoms with Gasteiger partial charge in [-0.3, -0.25) is 14.2 Å². The first kappa shape index (κ1) is 28.2. The molecule has 2 amide bonds. The van der Waals surface area contributed by atoms with Gasteiger partial charge in [-0.15, -0.1) is 0 Å². The fourth-order valence-corrected chi connectivity index (χ4v) is 3.36. The third-order valence-corrected chi connectivity index (χ3v) is 5.12. The molecule has 1 aliphatic heterocycles. The number of aliphatic hydroxyl groups excluding tert-OH is 1. The Balaban J connectivity index is 1.90. The predicted molar refractivity (Wildman–Crippen MR) is 123 cm³/mol. The van der Waals surface area contributed by atoms with E-state index in [-0.39, 0.29) is 30.1 Å². The lowest BCUT2D eigenvalue weighted by atomic mass is 10.2. The summed E-state index contributed by atoms with van der Waals surface area (Å²) >= 11 is 0. The van der Waals surface area contributed by atoms with Crippen molar-refractivity contribution in [2.24, 2.45) is 5.11 Å². The molecule has 0 unspecified atom stereocenters. The van der Waals surface area contributed by atoms with Gasteiger partial charge in [-0.1, -0.05) is 35.2 Å². The standard InChI is InChI=1S/C22H20F3N7O6/c23-22(24,25)20(35)27-8-4-7-14-10-32(17-9-15(16(11-33)38-17)37-12-28-31-26)21(36)30-18(14)29-19(34)13-5-2-1-3-6-13/h1-3,5-6,10,15-17,33H,8-9,11-12H2,(H,27,35)(H,29,30,34,36)/t15-,16+,17+/m0/s1. The quantitative estimate of drug-likeness (QED) is 0.198. The summed E-state index contributed by atoms with van der Waals surface area (Å²) in [5.74, 6) is 1.71. The van der Waals surface area contributed by atoms with Crippen molar-refractivity contribution in [2.75, 3.05) is 25.2 Å². The van der Waals surface area contributed by atoms with Gasteiger partial charge in [0.2, 0.25) is 0 Å². The number of aromatic nitrogens is 2. The fourth-order valence-electron chi connectivity index (χ4n) is 3.36. The first-order chi connectivity index (χ1) is 18.1. The summed E-state index contributed by atoms with van der Waals surface area (Å²) in [4.78, 5) is 42.8. The molecular weight excluding hydrogens is 515 g/mol. The highest BCUT2D eigenvalue weighted by molar-refractivity contribution is 6.04. The molecule has 2 heterocycles. The number of rotatable bonds is 8. The highest BCUT2D eigenvalue weighted by Gasteiger charge is 2.38. The number of hydrogen-bond donors (Lipinski definition) is 3. The van der Waals surface area contributed by atoms with Crippen molar-refractivity contribution in [2.45, 2.75) is 31.0 Å². The second-order valence-electron chi connectivity index (χ2n) is 7.61. The van der Waals surface area contributed by atoms with Crippen molar-refractivity contribution >= 4 is 17.6 Å². The van der Waals surface area contributed by atoms with Gasteiger partial charge in [-0.2, -0.15) is 18.2 Å². The monoisotopic (exact) mass is 535 g/mol. The molecule has 1 aromatic carbocycles. The number of ether oxygens (including phenoxy) is 2. The van der Waals surface area contributed by atoms with E-state index in [0.717, 1.165) is 4.57 Å². The topological polar surface area (TPSA) is 181 Å². The van der Waals surface area contributed by atoms with Gasteiger partial charge in [-0.25, -0.2) is 4.79 Å². The van der Waals surface area contributed by atoms with E-state index in [2.05, 4.69) is 32.2 Å². The zero-order chi connectivity index (χ0) is 27.7. The average Bonchev–Trinajstić information content (AvgIpc) is 3.30. The summed E-state index contributed by atoms with van der Waals surface area (Å²) < 4.78 is 49.3. The highest BCUT2D eigenvalue weighted by Crippen LogP contribution is 2.30. The number of halogens is 3. The van der Waals surface area contributed by atoms with Gasteiger partial charge in [0.15, 0.2) is 5.82 Å². The van der Waals surface area contributed by atoms with Gasteiger partial charge in [0.1, 0.15) is 19.1 Å². The number of aliphatic hydroxyl groups is 1. The minimum Gasteiger partial charge on any atom is -0.394 e. The molecule has 1 aliphatic rings. The van der Waals surface area contributed by atoms with E-state index in [1.54, 1.807) is 23.5 Å². The van der Waals surface area contributed by atoms with Crippen molar-refractivity contribution in [3.8, 4) is 11.8 Å². The van der Waals surface area contributed by atoms with Crippen molar-refractivity contribution in [3.05, 3.63) is 68.6 Å². The van der Waals surface area contributed by atoms with E-state index in [4.69, 9.17) is 15.0 Å². The van der Waals surface area contributed by atoms with Gasteiger partial charge < -0.3 is 25.2 Å². The summed E-state index contributed by atoms with van der Waals surface area (Å²) in [6, 6.07) is 7.92. The van der Waals surface area contributed by atoms with Gasteiger partial charge in [0, 0.05) is 23.1 Å². The van der Waals surface area contributed by atoms with E-state index in [1.165, 1.54) is 18.3 Å². The SMILES string of the molecule is [N-]=[N+]=NCO[C@H]1C[C@H](n2cc(C#CCNC(=O)C(F)(F)F)c(NC(=O)c3ccccc3)nc2=O)O[C@@H]1CO. The van der Waals surface area contributed by atoms with Crippen molar-refractivity contribution in [1.82, 2.24) is 14.9 Å². The second-order valence-corrected chi connectivity index (χ2v) is 7.61. The highest BCUT2D eigenvalue weighted by atomic mass is 19.4. The molecule has 200 valence electrons. The van der Waals surface area contributed by atoms with Crippen LogP contribution in [0.4, 0.5) is 19.0 Å². The van der Waals surface area contributed by atoms with Crippen molar-refractivity contribution < 1.29 is 37.3 Å². The van der Waals surface area contributed by atoms with Crippen LogP contribution in [-0.2, 0) is 14.3 Å². The minimum atomic E-state index is -5.09. The number of hydrogen-bond acceptors (Lipinski definition) is 8. The second kappa shape index (κ2) is 12.7. The molecule has 2 aromatic rings. The molecular formula is C22H20F3N7O6. The molecule has 0 radical (unpaired) electrons. The molecule has 38 heavy (non-hydrogen) atoms. The Morgan fingerprint density at radius 1 is 1.34 bits per heavy atom. The maximum Gasteiger partial charge on any atom is 0.471 e. The van der Waals surface area contributed by atoms with Crippen LogP contribution < -0.4 is 16.3 Å². The van der Waals surface area contributed by atoms with Gasteiger partial charge >= 0.3 is 17.8 Å². The van der Waals surface area contributed by atoms with Crippen LogP contribution in [0.15, 0.2) is 46.4 Å². The maximum atomic E-state index is 12.8. The molecule has 16 heteroatoms. The molecule has 1 fully saturated rings. The molecule has 3 rings (SSSR count). The summed E-state index contributed by atoms with van der Waals surface area (Å²) in [5.41, 5.74) is 7.69. The van der Waals surface area contributed by atoms with Gasteiger partial charge in [0.05, 0.1) is 24.8 Å². The zero-order valence-corrected chi connectivity index (χ0v) is 19.4. The van der Waals surface area contributed by atoms with E-state index >= 15 is 0 Å². The maximum absolute atomic E-state index is 12.8. The molecule has 0 bridgehead atoms. The van der Waals surface area contributed by atoms with Crippen LogP contribution in [0, 0.1) is 11.8 Å². The van der Waals surface area contributed by atoms with E-state index in [9.17, 15) is 32.7 Å². The fraction of sp³-hybridized carbons (Fsp3) is 0.364. The number of anilines is 1.